The number of likely N-dealkylation sites (tertiary alicyclic amines) is 1. The van der Waals surface area contributed by atoms with Crippen LogP contribution in [-0.2, 0) is 34.1 Å². The molecule has 2 N–H and O–H groups in total. The molecule has 7 aromatic carbocycles. The molecule has 1 fully saturated rings. The zero-order chi connectivity index (χ0) is 52.3. The van der Waals surface area contributed by atoms with Gasteiger partial charge in [-0.25, -0.2) is 9.59 Å². The van der Waals surface area contributed by atoms with E-state index >= 15 is 0 Å². The summed E-state index contributed by atoms with van der Waals surface area (Å²) in [5.41, 5.74) is 9.36. The van der Waals surface area contributed by atoms with E-state index in [-0.39, 0.29) is 51.0 Å². The van der Waals surface area contributed by atoms with Gasteiger partial charge in [-0.15, -0.1) is 0 Å². The normalized spacial score (nSPS) is 16.9. The van der Waals surface area contributed by atoms with Crippen LogP contribution in [0.1, 0.15) is 90.0 Å². The van der Waals surface area contributed by atoms with Crippen molar-refractivity contribution in [2.24, 2.45) is 0 Å². The number of benzene rings is 7. The Morgan fingerprint density at radius 1 is 0.627 bits per heavy atom. The van der Waals surface area contributed by atoms with Gasteiger partial charge in [-0.05, 0) is 84.7 Å². The third-order valence-corrected chi connectivity index (χ3v) is 14.8. The molecule has 2 aliphatic carbocycles. The molecule has 1 saturated heterocycles. The largest absolute Gasteiger partial charge is 0.449 e. The highest BCUT2D eigenvalue weighted by Crippen LogP contribution is 2.47. The van der Waals surface area contributed by atoms with Crippen molar-refractivity contribution < 1.29 is 38.1 Å². The lowest BCUT2D eigenvalue weighted by Gasteiger charge is -2.36. The van der Waals surface area contributed by atoms with E-state index in [1.807, 2.05) is 161 Å². The van der Waals surface area contributed by atoms with Crippen LogP contribution in [0.25, 0.3) is 22.3 Å². The Morgan fingerprint density at radius 2 is 1.12 bits per heavy atom. The molecule has 3 amide bonds. The topological polar surface area (TPSA) is 132 Å². The zero-order valence-corrected chi connectivity index (χ0v) is 43.2. The molecule has 382 valence electrons. The standard InChI is InChI=1S/C63H60ClN3O8/c1-40-30-32-42(33-31-40)63(41-18-6-5-7-19-41,55-28-16-17-29-56(55)64)75-58(68)35-44(37-74-62(2,3)4)65-59(69)57-34-43(66-60(70)72-38-53-49-24-12-8-20-45(49)46-21-9-13-25-50(46)53)36-67(57)61(71)73-39-54-51-26-14-10-22-47(51)48-23-11-15-27-52(48)54/h5-33,43-44,53-54,57H,34-39H2,1-4H3,(H,65,69)(H,66,70)/t43-,44+,57+,63?/m1/s1. The van der Waals surface area contributed by atoms with E-state index in [0.29, 0.717) is 21.7 Å². The predicted molar refractivity (Wildman–Crippen MR) is 289 cm³/mol. The summed E-state index contributed by atoms with van der Waals surface area (Å²) in [7, 11) is 0. The number of esters is 1. The average Bonchev–Trinajstić information content (AvgIpc) is 4.10. The van der Waals surface area contributed by atoms with Crippen LogP contribution in [0.2, 0.25) is 5.02 Å². The Labute approximate surface area is 443 Å². The van der Waals surface area contributed by atoms with Crippen molar-refractivity contribution in [1.82, 2.24) is 15.5 Å². The molecule has 12 heteroatoms. The Balaban J connectivity index is 0.906. The fourth-order valence-corrected chi connectivity index (χ4v) is 11.2. The van der Waals surface area contributed by atoms with Crippen molar-refractivity contribution in [1.29, 1.82) is 0 Å². The van der Waals surface area contributed by atoms with Gasteiger partial charge >= 0.3 is 18.2 Å². The third-order valence-electron chi connectivity index (χ3n) is 14.5. The molecule has 7 aromatic rings. The van der Waals surface area contributed by atoms with E-state index in [0.717, 1.165) is 50.1 Å². The third kappa shape index (κ3) is 10.7. The number of aryl methyl sites for hydroxylation is 1. The first-order valence-electron chi connectivity index (χ1n) is 25.5. The monoisotopic (exact) mass is 1020 g/mol. The van der Waals surface area contributed by atoms with Gasteiger partial charge in [0.1, 0.15) is 19.3 Å². The Morgan fingerprint density at radius 3 is 1.67 bits per heavy atom. The number of nitrogens with one attached hydrogen (secondary N) is 2. The minimum atomic E-state index is -1.49. The maximum atomic E-state index is 14.9. The fourth-order valence-electron chi connectivity index (χ4n) is 10.9. The van der Waals surface area contributed by atoms with E-state index in [2.05, 4.69) is 47.0 Å². The Hall–Kier alpha value is -7.73. The number of carbonyl (C=O) groups is 4. The average molecular weight is 1020 g/mol. The SMILES string of the molecule is Cc1ccc(C(OC(=O)C[C@@H](COC(C)(C)C)NC(=O)[C@@H]2C[C@@H](NC(=O)OCC3c4ccccc4-c4ccccc43)CN2C(=O)OCC2c3ccccc3-c3ccccc32)(c2ccccc2)c2ccccc2Cl)cc1. The molecule has 4 atom stereocenters. The van der Waals surface area contributed by atoms with Crippen LogP contribution in [0.3, 0.4) is 0 Å². The van der Waals surface area contributed by atoms with E-state index in [4.69, 9.17) is 30.5 Å². The summed E-state index contributed by atoms with van der Waals surface area (Å²) >= 11 is 7.00. The number of halogens is 1. The minimum Gasteiger partial charge on any atom is -0.449 e. The summed E-state index contributed by atoms with van der Waals surface area (Å²) in [5, 5.41) is 6.41. The Bertz CT molecular complexity index is 3140. The lowest BCUT2D eigenvalue weighted by molar-refractivity contribution is -0.155. The van der Waals surface area contributed by atoms with Gasteiger partial charge in [0, 0.05) is 40.1 Å². The number of ether oxygens (including phenoxy) is 4. The van der Waals surface area contributed by atoms with Crippen molar-refractivity contribution >= 4 is 35.7 Å². The van der Waals surface area contributed by atoms with Crippen molar-refractivity contribution in [3.05, 3.63) is 225 Å². The number of rotatable bonds is 15. The molecule has 0 aromatic heterocycles. The first-order chi connectivity index (χ1) is 36.3. The molecule has 3 aliphatic rings. The second kappa shape index (κ2) is 21.6. The number of amides is 3. The van der Waals surface area contributed by atoms with E-state index in [1.165, 1.54) is 4.90 Å². The molecule has 0 radical (unpaired) electrons. The van der Waals surface area contributed by atoms with Crippen molar-refractivity contribution in [3.63, 3.8) is 0 Å². The van der Waals surface area contributed by atoms with Crippen LogP contribution in [0.4, 0.5) is 9.59 Å². The molecule has 10 rings (SSSR count). The molecule has 1 unspecified atom stereocenters. The van der Waals surface area contributed by atoms with Gasteiger partial charge in [-0.2, -0.15) is 0 Å². The van der Waals surface area contributed by atoms with Crippen LogP contribution in [-0.4, -0.2) is 79.1 Å². The number of nitrogens with zero attached hydrogens (tertiary/aromatic N) is 1. The minimum absolute atomic E-state index is 0.0195. The van der Waals surface area contributed by atoms with Gasteiger partial charge in [0.05, 0.1) is 30.7 Å². The highest BCUT2D eigenvalue weighted by atomic mass is 35.5. The molecule has 75 heavy (non-hydrogen) atoms. The number of hydrogen-bond acceptors (Lipinski definition) is 8. The predicted octanol–water partition coefficient (Wildman–Crippen LogP) is 12.1. The fraction of sp³-hybridized carbons (Fsp3) is 0.270. The number of carbonyl (C=O) groups excluding carboxylic acids is 4. The molecule has 11 nitrogen and oxygen atoms in total. The summed E-state index contributed by atoms with van der Waals surface area (Å²) in [6.45, 7) is 7.63. The second-order valence-electron chi connectivity index (χ2n) is 20.6. The first kappa shape index (κ1) is 50.8. The van der Waals surface area contributed by atoms with Gasteiger partial charge in [-0.3, -0.25) is 14.5 Å². The lowest BCUT2D eigenvalue weighted by Crippen LogP contribution is -2.51. The maximum absolute atomic E-state index is 14.9. The molecule has 0 saturated carbocycles. The smallest absolute Gasteiger partial charge is 0.410 e. The first-order valence-corrected chi connectivity index (χ1v) is 25.9. The molecule has 0 spiro atoms. The zero-order valence-electron chi connectivity index (χ0n) is 42.5. The van der Waals surface area contributed by atoms with Crippen LogP contribution in [0.15, 0.2) is 176 Å². The highest BCUT2D eigenvalue weighted by Gasteiger charge is 2.45. The van der Waals surface area contributed by atoms with Gasteiger partial charge in [0.2, 0.25) is 5.91 Å². The van der Waals surface area contributed by atoms with Crippen LogP contribution < -0.4 is 10.6 Å². The van der Waals surface area contributed by atoms with Crippen molar-refractivity contribution in [2.45, 2.75) is 81.7 Å². The highest BCUT2D eigenvalue weighted by molar-refractivity contribution is 6.31. The van der Waals surface area contributed by atoms with Crippen molar-refractivity contribution in [2.75, 3.05) is 26.4 Å². The number of fused-ring (bicyclic) bond motifs is 6. The second-order valence-corrected chi connectivity index (χ2v) is 21.0. The van der Waals surface area contributed by atoms with Crippen LogP contribution in [0, 0.1) is 6.92 Å². The van der Waals surface area contributed by atoms with Gasteiger partial charge in [0.15, 0.2) is 5.60 Å². The van der Waals surface area contributed by atoms with E-state index in [9.17, 15) is 19.2 Å². The van der Waals surface area contributed by atoms with Crippen LogP contribution in [0.5, 0.6) is 0 Å². The lowest BCUT2D eigenvalue weighted by atomic mass is 9.79. The van der Waals surface area contributed by atoms with Crippen LogP contribution >= 0.6 is 11.6 Å². The van der Waals surface area contributed by atoms with Gasteiger partial charge in [0.25, 0.3) is 0 Å². The van der Waals surface area contributed by atoms with Crippen molar-refractivity contribution in [3.8, 4) is 22.3 Å². The Kier molecular flexibility index (Phi) is 14.6. The maximum Gasteiger partial charge on any atom is 0.410 e. The van der Waals surface area contributed by atoms with E-state index < -0.39 is 53.4 Å². The molecular weight excluding hydrogens is 962 g/mol. The number of alkyl carbamates (subject to hydrolysis) is 1. The molecule has 1 heterocycles. The molecule has 1 aliphatic heterocycles. The summed E-state index contributed by atoms with van der Waals surface area (Å²) in [5.74, 6) is -1.60. The summed E-state index contributed by atoms with van der Waals surface area (Å²) in [6, 6.07) is 54.0. The molecule has 0 bridgehead atoms. The van der Waals surface area contributed by atoms with Gasteiger partial charge < -0.3 is 29.6 Å². The van der Waals surface area contributed by atoms with Gasteiger partial charge in [-0.1, -0.05) is 187 Å². The number of hydrogen-bond donors (Lipinski definition) is 2. The summed E-state index contributed by atoms with van der Waals surface area (Å²) in [6.07, 6.45) is -1.68. The van der Waals surface area contributed by atoms with E-state index in [1.54, 1.807) is 6.07 Å². The summed E-state index contributed by atoms with van der Waals surface area (Å²) < 4.78 is 25.1. The quantitative estimate of drug-likeness (QED) is 0.0589. The summed E-state index contributed by atoms with van der Waals surface area (Å²) in [4.78, 5) is 59.3. The molecular formula is C63H60ClN3O8.